The normalized spacial score (nSPS) is 17.5. The first kappa shape index (κ1) is 22.7. The minimum absolute atomic E-state index is 0.213. The Morgan fingerprint density at radius 2 is 1.75 bits per heavy atom. The minimum Gasteiger partial charge on any atom is -0.490 e. The second-order valence-corrected chi connectivity index (χ2v) is 10.3. The van der Waals surface area contributed by atoms with E-state index in [1.165, 1.54) is 4.31 Å². The number of hydrogen-bond donors (Lipinski definition) is 0. The highest BCUT2D eigenvalue weighted by molar-refractivity contribution is 7.89. The van der Waals surface area contributed by atoms with Crippen LogP contribution >= 0.6 is 12.2 Å². The van der Waals surface area contributed by atoms with Gasteiger partial charge in [0.2, 0.25) is 10.0 Å². The molecule has 8 nitrogen and oxygen atoms in total. The lowest BCUT2D eigenvalue weighted by Crippen LogP contribution is -2.49. The molecular weight excluding hydrogens is 448 g/mol. The molecule has 0 spiro atoms. The Bertz CT molecular complexity index is 1230. The SMILES string of the molecule is Cc1cc(C)n(CN2CCN(S(=O)(=O)c3ccc4c(c3)OCCCO4)CC2)c(=S)c1C#N. The van der Waals surface area contributed by atoms with E-state index in [4.69, 9.17) is 21.7 Å². The first-order chi connectivity index (χ1) is 15.3. The quantitative estimate of drug-likeness (QED) is 0.630. The van der Waals surface area contributed by atoms with E-state index < -0.39 is 10.0 Å². The number of sulfonamides is 1. The summed E-state index contributed by atoms with van der Waals surface area (Å²) < 4.78 is 41.6. The summed E-state index contributed by atoms with van der Waals surface area (Å²) in [5, 5.41) is 9.41. The van der Waals surface area contributed by atoms with E-state index in [1.54, 1.807) is 18.2 Å². The number of ether oxygens (including phenoxy) is 2. The number of aryl methyl sites for hydroxylation is 2. The Morgan fingerprint density at radius 1 is 1.06 bits per heavy atom. The number of aromatic nitrogens is 1. The molecule has 0 aliphatic carbocycles. The maximum Gasteiger partial charge on any atom is 0.243 e. The highest BCUT2D eigenvalue weighted by atomic mass is 32.2. The summed E-state index contributed by atoms with van der Waals surface area (Å²) in [5.74, 6) is 1.05. The fourth-order valence-corrected chi connectivity index (χ4v) is 5.85. The Hall–Kier alpha value is -2.45. The summed E-state index contributed by atoms with van der Waals surface area (Å²) in [7, 11) is -3.64. The number of hydrogen-bond acceptors (Lipinski definition) is 7. The molecule has 170 valence electrons. The zero-order valence-corrected chi connectivity index (χ0v) is 19.8. The summed E-state index contributed by atoms with van der Waals surface area (Å²) in [6.07, 6.45) is 0.763. The fourth-order valence-electron chi connectivity index (χ4n) is 4.00. The third-order valence-corrected chi connectivity index (χ3v) is 8.16. The molecule has 10 heteroatoms. The van der Waals surface area contributed by atoms with Crippen molar-refractivity contribution in [1.29, 1.82) is 5.26 Å². The minimum atomic E-state index is -3.64. The summed E-state index contributed by atoms with van der Waals surface area (Å²) in [6, 6.07) is 8.94. The molecule has 1 fully saturated rings. The highest BCUT2D eigenvalue weighted by Gasteiger charge is 2.30. The van der Waals surface area contributed by atoms with Gasteiger partial charge in [-0.2, -0.15) is 9.57 Å². The van der Waals surface area contributed by atoms with Crippen molar-refractivity contribution in [3.63, 3.8) is 0 Å². The number of fused-ring (bicyclic) bond motifs is 1. The molecule has 0 amide bonds. The van der Waals surface area contributed by atoms with Gasteiger partial charge in [-0.3, -0.25) is 4.90 Å². The van der Waals surface area contributed by atoms with Crippen LogP contribution in [0, 0.1) is 29.8 Å². The third-order valence-electron chi connectivity index (χ3n) is 5.85. The Balaban J connectivity index is 1.47. The van der Waals surface area contributed by atoms with Crippen LogP contribution in [0.2, 0.25) is 0 Å². The van der Waals surface area contributed by atoms with Crippen molar-refractivity contribution in [2.75, 3.05) is 39.4 Å². The van der Waals surface area contributed by atoms with E-state index in [1.807, 2.05) is 24.5 Å². The monoisotopic (exact) mass is 474 g/mol. The standard InChI is InChI=1S/C22H26N4O4S2/c1-16-12-17(2)26(22(31)19(16)14-23)15-24-6-8-25(9-7-24)32(27,28)18-4-5-20-21(13-18)30-11-3-10-29-20/h4-5,12-13H,3,6-11,15H2,1-2H3. The van der Waals surface area contributed by atoms with Crippen LogP contribution in [0.25, 0.3) is 0 Å². The highest BCUT2D eigenvalue weighted by Crippen LogP contribution is 2.33. The van der Waals surface area contributed by atoms with Crippen LogP contribution in [0.1, 0.15) is 23.2 Å². The van der Waals surface area contributed by atoms with Gasteiger partial charge >= 0.3 is 0 Å². The molecule has 4 rings (SSSR count). The second kappa shape index (κ2) is 9.19. The predicted molar refractivity (Wildman–Crippen MR) is 122 cm³/mol. The van der Waals surface area contributed by atoms with Crippen molar-refractivity contribution < 1.29 is 17.9 Å². The number of rotatable bonds is 4. The van der Waals surface area contributed by atoms with E-state index in [-0.39, 0.29) is 4.90 Å². The summed E-state index contributed by atoms with van der Waals surface area (Å²) in [5.41, 5.74) is 2.37. The van der Waals surface area contributed by atoms with Crippen LogP contribution in [-0.2, 0) is 16.7 Å². The summed E-state index contributed by atoms with van der Waals surface area (Å²) >= 11 is 5.52. The molecule has 2 aromatic rings. The number of nitriles is 1. The molecule has 3 heterocycles. The first-order valence-electron chi connectivity index (χ1n) is 10.5. The molecule has 2 aliphatic heterocycles. The van der Waals surface area contributed by atoms with Crippen LogP contribution < -0.4 is 9.47 Å². The second-order valence-electron chi connectivity index (χ2n) is 8.01. The maximum absolute atomic E-state index is 13.2. The number of nitrogens with zero attached hydrogens (tertiary/aromatic N) is 4. The lowest BCUT2D eigenvalue weighted by molar-refractivity contribution is 0.150. The molecular formula is C22H26N4O4S2. The van der Waals surface area contributed by atoms with Crippen LogP contribution in [0.5, 0.6) is 11.5 Å². The molecule has 2 aliphatic rings. The van der Waals surface area contributed by atoms with Crippen molar-refractivity contribution in [2.45, 2.75) is 31.8 Å². The van der Waals surface area contributed by atoms with E-state index in [0.29, 0.717) is 67.8 Å². The molecule has 32 heavy (non-hydrogen) atoms. The van der Waals surface area contributed by atoms with Gasteiger partial charge in [-0.15, -0.1) is 0 Å². The molecule has 0 saturated carbocycles. The molecule has 0 bridgehead atoms. The van der Waals surface area contributed by atoms with Crippen molar-refractivity contribution in [1.82, 2.24) is 13.8 Å². The average Bonchev–Trinajstić information content (AvgIpc) is 3.02. The van der Waals surface area contributed by atoms with Crippen molar-refractivity contribution in [2.24, 2.45) is 0 Å². The lowest BCUT2D eigenvalue weighted by Gasteiger charge is -2.34. The van der Waals surface area contributed by atoms with Crippen LogP contribution in [0.4, 0.5) is 0 Å². The molecule has 1 aromatic carbocycles. The van der Waals surface area contributed by atoms with Crippen molar-refractivity contribution >= 4 is 22.2 Å². The Morgan fingerprint density at radius 3 is 2.44 bits per heavy atom. The lowest BCUT2D eigenvalue weighted by atomic mass is 10.1. The Kier molecular flexibility index (Phi) is 6.53. The van der Waals surface area contributed by atoms with Crippen LogP contribution in [0.15, 0.2) is 29.2 Å². The number of benzene rings is 1. The van der Waals surface area contributed by atoms with Gasteiger partial charge in [0.05, 0.1) is 30.3 Å². The Labute approximate surface area is 193 Å². The molecule has 0 radical (unpaired) electrons. The smallest absolute Gasteiger partial charge is 0.243 e. The summed E-state index contributed by atoms with van der Waals surface area (Å²) in [4.78, 5) is 2.37. The molecule has 0 N–H and O–H groups in total. The van der Waals surface area contributed by atoms with E-state index in [0.717, 1.165) is 17.7 Å². The first-order valence-corrected chi connectivity index (χ1v) is 12.4. The van der Waals surface area contributed by atoms with Gasteiger partial charge in [-0.25, -0.2) is 8.42 Å². The van der Waals surface area contributed by atoms with Crippen LogP contribution in [-0.4, -0.2) is 61.6 Å². The van der Waals surface area contributed by atoms with E-state index in [2.05, 4.69) is 11.0 Å². The van der Waals surface area contributed by atoms with Gasteiger partial charge in [-0.05, 0) is 37.6 Å². The number of piperazine rings is 1. The van der Waals surface area contributed by atoms with Gasteiger partial charge in [0, 0.05) is 44.4 Å². The number of pyridine rings is 1. The van der Waals surface area contributed by atoms with Gasteiger partial charge in [0.15, 0.2) is 11.5 Å². The van der Waals surface area contributed by atoms with E-state index in [9.17, 15) is 13.7 Å². The average molecular weight is 475 g/mol. The van der Waals surface area contributed by atoms with Crippen molar-refractivity contribution in [3.05, 3.63) is 45.7 Å². The zero-order valence-electron chi connectivity index (χ0n) is 18.2. The largest absolute Gasteiger partial charge is 0.490 e. The molecule has 1 aromatic heterocycles. The molecule has 0 unspecified atom stereocenters. The summed E-state index contributed by atoms with van der Waals surface area (Å²) in [6.45, 7) is 7.33. The van der Waals surface area contributed by atoms with Crippen molar-refractivity contribution in [3.8, 4) is 17.6 Å². The van der Waals surface area contributed by atoms with Gasteiger partial charge in [-0.1, -0.05) is 12.2 Å². The third kappa shape index (κ3) is 4.38. The van der Waals surface area contributed by atoms with Gasteiger partial charge in [0.25, 0.3) is 0 Å². The fraction of sp³-hybridized carbons (Fsp3) is 0.455. The topological polar surface area (TPSA) is 87.8 Å². The molecule has 1 saturated heterocycles. The maximum atomic E-state index is 13.2. The van der Waals surface area contributed by atoms with Crippen LogP contribution in [0.3, 0.4) is 0 Å². The molecule has 0 atom stereocenters. The van der Waals surface area contributed by atoms with E-state index >= 15 is 0 Å². The predicted octanol–water partition coefficient (Wildman–Crippen LogP) is 2.83. The van der Waals surface area contributed by atoms with Gasteiger partial charge in [0.1, 0.15) is 10.7 Å². The zero-order chi connectivity index (χ0) is 22.9. The van der Waals surface area contributed by atoms with Gasteiger partial charge < -0.3 is 14.0 Å².